The Hall–Kier alpha value is -0.0300. The second-order valence-electron chi connectivity index (χ2n) is 4.02. The smallest absolute Gasteiger partial charge is 0.191 e. The molecule has 94 valence electrons. The van der Waals surface area contributed by atoms with Gasteiger partial charge < -0.3 is 10.6 Å². The van der Waals surface area contributed by atoms with Crippen molar-refractivity contribution in [3.8, 4) is 0 Å². The molecule has 5 heteroatoms. The largest absolute Gasteiger partial charge is 0.355 e. The fourth-order valence-electron chi connectivity index (χ4n) is 1.56. The zero-order valence-electron chi connectivity index (χ0n) is 10.5. The van der Waals surface area contributed by atoms with Gasteiger partial charge >= 0.3 is 0 Å². The fourth-order valence-corrected chi connectivity index (χ4v) is 3.01. The van der Waals surface area contributed by atoms with Gasteiger partial charge in [-0.3, -0.25) is 4.99 Å². The SMILES string of the molecule is CN=C(NCC(C)SC)NCC1CCCS1. The second-order valence-corrected chi connectivity index (χ2v) is 6.70. The summed E-state index contributed by atoms with van der Waals surface area (Å²) in [5.74, 6) is 2.26. The summed E-state index contributed by atoms with van der Waals surface area (Å²) in [6, 6.07) is 0. The number of rotatable bonds is 5. The summed E-state index contributed by atoms with van der Waals surface area (Å²) in [4.78, 5) is 4.23. The molecule has 0 aromatic heterocycles. The van der Waals surface area contributed by atoms with Crippen LogP contribution in [0.25, 0.3) is 0 Å². The van der Waals surface area contributed by atoms with E-state index in [9.17, 15) is 0 Å². The third-order valence-corrected chi connectivity index (χ3v) is 5.07. The Balaban J connectivity index is 2.16. The Morgan fingerprint density at radius 1 is 1.56 bits per heavy atom. The van der Waals surface area contributed by atoms with Gasteiger partial charge in [0.25, 0.3) is 0 Å². The molecule has 1 saturated heterocycles. The molecule has 16 heavy (non-hydrogen) atoms. The molecule has 0 radical (unpaired) electrons. The van der Waals surface area contributed by atoms with E-state index in [0.717, 1.165) is 24.3 Å². The Bertz CT molecular complexity index is 215. The van der Waals surface area contributed by atoms with Crippen molar-refractivity contribution in [3.05, 3.63) is 0 Å². The number of nitrogens with one attached hydrogen (secondary N) is 2. The third-order valence-electron chi connectivity index (χ3n) is 2.70. The molecule has 2 unspecified atom stereocenters. The summed E-state index contributed by atoms with van der Waals surface area (Å²) in [6.07, 6.45) is 4.85. The van der Waals surface area contributed by atoms with Crippen molar-refractivity contribution in [3.63, 3.8) is 0 Å². The lowest BCUT2D eigenvalue weighted by molar-refractivity contribution is 0.723. The summed E-state index contributed by atoms with van der Waals surface area (Å²) < 4.78 is 0. The minimum absolute atomic E-state index is 0.624. The van der Waals surface area contributed by atoms with Crippen LogP contribution in [0.4, 0.5) is 0 Å². The molecule has 0 saturated carbocycles. The average Bonchev–Trinajstić information content (AvgIpc) is 2.81. The van der Waals surface area contributed by atoms with Crippen molar-refractivity contribution < 1.29 is 0 Å². The monoisotopic (exact) mass is 261 g/mol. The molecule has 2 atom stereocenters. The van der Waals surface area contributed by atoms with Crippen molar-refractivity contribution in [1.29, 1.82) is 0 Å². The minimum Gasteiger partial charge on any atom is -0.355 e. The van der Waals surface area contributed by atoms with Crippen molar-refractivity contribution in [2.75, 3.05) is 32.1 Å². The van der Waals surface area contributed by atoms with Crippen LogP contribution in [-0.2, 0) is 0 Å². The summed E-state index contributed by atoms with van der Waals surface area (Å²) >= 11 is 3.95. The molecular weight excluding hydrogens is 238 g/mol. The lowest BCUT2D eigenvalue weighted by atomic mass is 10.2. The van der Waals surface area contributed by atoms with Crippen LogP contribution in [0.5, 0.6) is 0 Å². The maximum absolute atomic E-state index is 4.23. The van der Waals surface area contributed by atoms with Crippen molar-refractivity contribution in [2.24, 2.45) is 4.99 Å². The first-order valence-corrected chi connectivity index (χ1v) is 8.19. The number of thioether (sulfide) groups is 2. The first-order valence-electron chi connectivity index (χ1n) is 5.85. The van der Waals surface area contributed by atoms with Gasteiger partial charge in [0, 0.05) is 30.6 Å². The average molecular weight is 261 g/mol. The van der Waals surface area contributed by atoms with Crippen molar-refractivity contribution >= 4 is 29.5 Å². The van der Waals surface area contributed by atoms with Gasteiger partial charge in [-0.15, -0.1) is 0 Å². The van der Waals surface area contributed by atoms with E-state index in [0.29, 0.717) is 5.25 Å². The third kappa shape index (κ3) is 5.34. The zero-order valence-corrected chi connectivity index (χ0v) is 12.1. The summed E-state index contributed by atoms with van der Waals surface area (Å²) in [5, 5.41) is 8.15. The molecule has 0 aliphatic carbocycles. The van der Waals surface area contributed by atoms with E-state index in [2.05, 4.69) is 40.6 Å². The van der Waals surface area contributed by atoms with E-state index in [1.54, 1.807) is 0 Å². The van der Waals surface area contributed by atoms with Gasteiger partial charge in [-0.05, 0) is 24.9 Å². The molecule has 0 aromatic rings. The Morgan fingerprint density at radius 3 is 2.94 bits per heavy atom. The first kappa shape index (κ1) is 14.0. The number of hydrogen-bond acceptors (Lipinski definition) is 3. The molecule has 1 rings (SSSR count). The highest BCUT2D eigenvalue weighted by Crippen LogP contribution is 2.25. The molecule has 1 aliphatic rings. The van der Waals surface area contributed by atoms with E-state index >= 15 is 0 Å². The predicted molar refractivity (Wildman–Crippen MR) is 77.8 cm³/mol. The van der Waals surface area contributed by atoms with Crippen molar-refractivity contribution in [2.45, 2.75) is 30.3 Å². The lowest BCUT2D eigenvalue weighted by Crippen LogP contribution is -2.42. The molecule has 3 nitrogen and oxygen atoms in total. The van der Waals surface area contributed by atoms with Crippen LogP contribution in [-0.4, -0.2) is 48.6 Å². The fraction of sp³-hybridized carbons (Fsp3) is 0.909. The maximum Gasteiger partial charge on any atom is 0.191 e. The van der Waals surface area contributed by atoms with Gasteiger partial charge in [0.05, 0.1) is 0 Å². The number of nitrogens with zero attached hydrogens (tertiary/aromatic N) is 1. The van der Waals surface area contributed by atoms with Gasteiger partial charge in [-0.2, -0.15) is 23.5 Å². The highest BCUT2D eigenvalue weighted by Gasteiger charge is 2.15. The molecule has 1 fully saturated rings. The first-order chi connectivity index (χ1) is 7.76. The highest BCUT2D eigenvalue weighted by atomic mass is 32.2. The van der Waals surface area contributed by atoms with Crippen LogP contribution in [0.15, 0.2) is 4.99 Å². The maximum atomic E-state index is 4.23. The lowest BCUT2D eigenvalue weighted by Gasteiger charge is -2.16. The van der Waals surface area contributed by atoms with Gasteiger partial charge in [0.15, 0.2) is 5.96 Å². The molecular formula is C11H23N3S2. The van der Waals surface area contributed by atoms with Gasteiger partial charge in [0.1, 0.15) is 0 Å². The quantitative estimate of drug-likeness (QED) is 0.584. The number of guanidine groups is 1. The van der Waals surface area contributed by atoms with Gasteiger partial charge in [0.2, 0.25) is 0 Å². The van der Waals surface area contributed by atoms with Crippen LogP contribution in [0.1, 0.15) is 19.8 Å². The topological polar surface area (TPSA) is 36.4 Å². The Labute approximate surface area is 108 Å². The van der Waals surface area contributed by atoms with E-state index in [1.807, 2.05) is 18.8 Å². The summed E-state index contributed by atoms with van der Waals surface area (Å²) in [6.45, 7) is 4.23. The molecule has 0 amide bonds. The molecule has 2 N–H and O–H groups in total. The summed E-state index contributed by atoms with van der Waals surface area (Å²) in [5.41, 5.74) is 0. The minimum atomic E-state index is 0.624. The van der Waals surface area contributed by atoms with Crippen molar-refractivity contribution in [1.82, 2.24) is 10.6 Å². The summed E-state index contributed by atoms with van der Waals surface area (Å²) in [7, 11) is 1.83. The Morgan fingerprint density at radius 2 is 2.38 bits per heavy atom. The molecule has 1 heterocycles. The number of aliphatic imine (C=N–C) groups is 1. The normalized spacial score (nSPS) is 23.2. The van der Waals surface area contributed by atoms with Gasteiger partial charge in [-0.1, -0.05) is 6.92 Å². The second kappa shape index (κ2) is 8.12. The molecule has 0 aromatic carbocycles. The van der Waals surface area contributed by atoms with Crippen LogP contribution < -0.4 is 10.6 Å². The predicted octanol–water partition coefficient (Wildman–Crippen LogP) is 1.80. The van der Waals surface area contributed by atoms with Crippen LogP contribution in [0.2, 0.25) is 0 Å². The molecule has 1 aliphatic heterocycles. The zero-order chi connectivity index (χ0) is 11.8. The van der Waals surface area contributed by atoms with E-state index in [4.69, 9.17) is 0 Å². The highest BCUT2D eigenvalue weighted by molar-refractivity contribution is 8.00. The van der Waals surface area contributed by atoms with Crippen LogP contribution >= 0.6 is 23.5 Å². The van der Waals surface area contributed by atoms with E-state index in [-0.39, 0.29) is 0 Å². The Kier molecular flexibility index (Phi) is 7.12. The standard InChI is InChI=1S/C11H23N3S2/c1-9(15-3)7-13-11(12-2)14-8-10-5-4-6-16-10/h9-10H,4-8H2,1-3H3,(H2,12,13,14). The molecule has 0 bridgehead atoms. The van der Waals surface area contributed by atoms with Gasteiger partial charge in [-0.25, -0.2) is 0 Å². The van der Waals surface area contributed by atoms with Crippen LogP contribution in [0, 0.1) is 0 Å². The van der Waals surface area contributed by atoms with E-state index < -0.39 is 0 Å². The van der Waals surface area contributed by atoms with E-state index in [1.165, 1.54) is 18.6 Å². The number of hydrogen-bond donors (Lipinski definition) is 2. The van der Waals surface area contributed by atoms with Crippen LogP contribution in [0.3, 0.4) is 0 Å². The molecule has 0 spiro atoms.